The van der Waals surface area contributed by atoms with Crippen molar-refractivity contribution in [1.82, 2.24) is 0 Å². The molecule has 4 heteroatoms. The minimum atomic E-state index is 0.0755. The summed E-state index contributed by atoms with van der Waals surface area (Å²) in [5, 5.41) is 0.996. The molecule has 23 heavy (non-hydrogen) atoms. The van der Waals surface area contributed by atoms with Crippen molar-refractivity contribution in [3.63, 3.8) is 0 Å². The van der Waals surface area contributed by atoms with Crippen LogP contribution in [-0.2, 0) is 11.2 Å². The van der Waals surface area contributed by atoms with Crippen LogP contribution in [0, 0.1) is 11.3 Å². The summed E-state index contributed by atoms with van der Waals surface area (Å²) in [6, 6.07) is 2.02. The monoisotopic (exact) mass is 350 g/mol. The molecular formula is C19H20Cl2O2. The third kappa shape index (κ3) is 2.18. The van der Waals surface area contributed by atoms with E-state index in [2.05, 4.69) is 0 Å². The molecule has 0 aliphatic heterocycles. The van der Waals surface area contributed by atoms with Crippen LogP contribution < -0.4 is 4.74 Å². The van der Waals surface area contributed by atoms with E-state index < -0.39 is 0 Å². The van der Waals surface area contributed by atoms with Crippen molar-refractivity contribution in [1.29, 1.82) is 0 Å². The van der Waals surface area contributed by atoms with Crippen molar-refractivity contribution < 1.29 is 9.53 Å². The van der Waals surface area contributed by atoms with Gasteiger partial charge in [-0.15, -0.1) is 0 Å². The smallest absolute Gasteiger partial charge is 0.156 e. The summed E-state index contributed by atoms with van der Waals surface area (Å²) in [4.78, 5) is 12.1. The van der Waals surface area contributed by atoms with Gasteiger partial charge in [0.1, 0.15) is 10.8 Å². The second-order valence-electron chi connectivity index (χ2n) is 7.08. The number of ether oxygens (including phenoxy) is 1. The number of carbonyl (C=O) groups is 1. The molecular weight excluding hydrogens is 331 g/mol. The first-order chi connectivity index (χ1) is 11.1. The molecule has 1 unspecified atom stereocenters. The normalized spacial score (nSPS) is 26.9. The Morgan fingerprint density at radius 1 is 1.22 bits per heavy atom. The van der Waals surface area contributed by atoms with Gasteiger partial charge in [0.25, 0.3) is 0 Å². The highest BCUT2D eigenvalue weighted by Crippen LogP contribution is 2.62. The van der Waals surface area contributed by atoms with Crippen molar-refractivity contribution in [3.8, 4) is 5.75 Å². The summed E-state index contributed by atoms with van der Waals surface area (Å²) in [6.45, 7) is 0. The molecule has 1 aromatic rings. The second-order valence-corrected chi connectivity index (χ2v) is 7.84. The van der Waals surface area contributed by atoms with Gasteiger partial charge in [0, 0.05) is 17.4 Å². The molecule has 0 spiro atoms. The van der Waals surface area contributed by atoms with Crippen LogP contribution in [0.1, 0.15) is 49.7 Å². The lowest BCUT2D eigenvalue weighted by atomic mass is 9.64. The maximum atomic E-state index is 12.1. The van der Waals surface area contributed by atoms with Crippen LogP contribution in [0.3, 0.4) is 0 Å². The van der Waals surface area contributed by atoms with E-state index >= 15 is 0 Å². The van der Waals surface area contributed by atoms with Crippen molar-refractivity contribution in [2.45, 2.75) is 44.9 Å². The summed E-state index contributed by atoms with van der Waals surface area (Å²) < 4.78 is 5.38. The molecule has 0 bridgehead atoms. The first-order valence-electron chi connectivity index (χ1n) is 8.37. The maximum Gasteiger partial charge on any atom is 0.156 e. The number of allylic oxidation sites excluding steroid dienone is 2. The second kappa shape index (κ2) is 5.53. The van der Waals surface area contributed by atoms with Crippen molar-refractivity contribution in [2.75, 3.05) is 7.11 Å². The lowest BCUT2D eigenvalue weighted by molar-refractivity contribution is -0.115. The Morgan fingerprint density at radius 2 is 1.96 bits per heavy atom. The van der Waals surface area contributed by atoms with Gasteiger partial charge in [0.2, 0.25) is 0 Å². The quantitative estimate of drug-likeness (QED) is 0.705. The lowest BCUT2D eigenvalue weighted by Gasteiger charge is -2.39. The van der Waals surface area contributed by atoms with Gasteiger partial charge >= 0.3 is 0 Å². The summed E-state index contributed by atoms with van der Waals surface area (Å²) >= 11 is 13.0. The molecule has 0 heterocycles. The largest absolute Gasteiger partial charge is 0.495 e. The molecule has 0 N–H and O–H groups in total. The van der Waals surface area contributed by atoms with Crippen LogP contribution in [0.5, 0.6) is 5.75 Å². The predicted molar refractivity (Wildman–Crippen MR) is 93.3 cm³/mol. The molecule has 122 valence electrons. The average molecular weight is 351 g/mol. The molecule has 3 aliphatic rings. The minimum Gasteiger partial charge on any atom is -0.495 e. The molecule has 2 nitrogen and oxygen atoms in total. The van der Waals surface area contributed by atoms with Crippen molar-refractivity contribution in [2.24, 2.45) is 11.3 Å². The highest BCUT2D eigenvalue weighted by Gasteiger charge is 2.50. The molecule has 3 aliphatic carbocycles. The zero-order valence-electron chi connectivity index (χ0n) is 13.3. The van der Waals surface area contributed by atoms with Crippen LogP contribution in [0.25, 0.3) is 5.57 Å². The highest BCUT2D eigenvalue weighted by molar-refractivity contribution is 6.44. The van der Waals surface area contributed by atoms with Gasteiger partial charge in [-0.1, -0.05) is 36.0 Å². The van der Waals surface area contributed by atoms with Gasteiger partial charge in [0.15, 0.2) is 5.78 Å². The lowest BCUT2D eigenvalue weighted by Crippen LogP contribution is -2.32. The Kier molecular flexibility index (Phi) is 3.73. The molecule has 1 fully saturated rings. The van der Waals surface area contributed by atoms with Gasteiger partial charge in [-0.05, 0) is 54.9 Å². The van der Waals surface area contributed by atoms with E-state index in [1.165, 1.54) is 31.2 Å². The number of hydrogen-bond donors (Lipinski definition) is 0. The SMILES string of the molecule is COc1cc2c(c(Cl)c1Cl)C1=CC(=O)CCC1(C1CCCC1)C2. The summed E-state index contributed by atoms with van der Waals surface area (Å²) in [5.41, 5.74) is 3.40. The molecule has 4 rings (SSSR count). The van der Waals surface area contributed by atoms with Crippen LogP contribution in [0.2, 0.25) is 10.0 Å². The molecule has 1 aromatic carbocycles. The number of carbonyl (C=O) groups excluding carboxylic acids is 1. The standard InChI is InChI=1S/C19H20Cl2O2/c1-23-15-8-11-10-19(12-4-2-3-5-12)7-6-13(22)9-14(19)16(11)18(21)17(15)20/h8-9,12H,2-7,10H2,1H3. The Balaban J connectivity index is 1.92. The van der Waals surface area contributed by atoms with E-state index in [1.807, 2.05) is 12.1 Å². The zero-order chi connectivity index (χ0) is 16.2. The van der Waals surface area contributed by atoms with Crippen molar-refractivity contribution >= 4 is 34.6 Å². The number of hydrogen-bond acceptors (Lipinski definition) is 2. The maximum absolute atomic E-state index is 12.1. The average Bonchev–Trinajstić information content (AvgIpc) is 3.17. The van der Waals surface area contributed by atoms with E-state index in [0.29, 0.717) is 28.1 Å². The van der Waals surface area contributed by atoms with Gasteiger partial charge in [-0.2, -0.15) is 0 Å². The highest BCUT2D eigenvalue weighted by atomic mass is 35.5. The number of rotatable bonds is 2. The van der Waals surface area contributed by atoms with Crippen LogP contribution >= 0.6 is 23.2 Å². The van der Waals surface area contributed by atoms with E-state index in [0.717, 1.165) is 24.0 Å². The fourth-order valence-electron chi connectivity index (χ4n) is 4.98. The first-order valence-corrected chi connectivity index (χ1v) is 9.12. The number of halogens is 2. The minimum absolute atomic E-state index is 0.0755. The van der Waals surface area contributed by atoms with E-state index in [1.54, 1.807) is 7.11 Å². The molecule has 0 saturated heterocycles. The van der Waals surface area contributed by atoms with Gasteiger partial charge in [0.05, 0.1) is 12.1 Å². The fraction of sp³-hybridized carbons (Fsp3) is 0.526. The first kappa shape index (κ1) is 15.5. The summed E-state index contributed by atoms with van der Waals surface area (Å²) in [7, 11) is 1.61. The number of benzene rings is 1. The number of ketones is 1. The Bertz CT molecular complexity index is 717. The molecule has 1 saturated carbocycles. The summed E-state index contributed by atoms with van der Waals surface area (Å²) in [6.07, 6.45) is 9.49. The third-order valence-corrected chi connectivity index (χ3v) is 6.90. The Morgan fingerprint density at radius 3 is 2.65 bits per heavy atom. The van der Waals surface area contributed by atoms with Gasteiger partial charge in [-0.25, -0.2) is 0 Å². The van der Waals surface area contributed by atoms with E-state index in [4.69, 9.17) is 27.9 Å². The number of methoxy groups -OCH3 is 1. The van der Waals surface area contributed by atoms with Crippen LogP contribution in [-0.4, -0.2) is 12.9 Å². The Hall–Kier alpha value is -0.990. The predicted octanol–water partition coefficient (Wildman–Crippen LogP) is 5.48. The molecule has 1 atom stereocenters. The number of fused-ring (bicyclic) bond motifs is 3. The Labute approximate surface area is 146 Å². The van der Waals surface area contributed by atoms with Gasteiger partial charge < -0.3 is 4.74 Å². The topological polar surface area (TPSA) is 26.3 Å². The zero-order valence-corrected chi connectivity index (χ0v) is 14.8. The van der Waals surface area contributed by atoms with Crippen LogP contribution in [0.15, 0.2) is 12.1 Å². The fourth-order valence-corrected chi connectivity index (χ4v) is 5.52. The van der Waals surface area contributed by atoms with E-state index in [9.17, 15) is 4.79 Å². The van der Waals surface area contributed by atoms with Crippen LogP contribution in [0.4, 0.5) is 0 Å². The van der Waals surface area contributed by atoms with E-state index in [-0.39, 0.29) is 11.2 Å². The molecule has 0 radical (unpaired) electrons. The molecule has 0 aromatic heterocycles. The third-order valence-electron chi connectivity index (χ3n) is 6.05. The molecule has 0 amide bonds. The summed E-state index contributed by atoms with van der Waals surface area (Å²) in [5.74, 6) is 1.49. The van der Waals surface area contributed by atoms with Gasteiger partial charge in [-0.3, -0.25) is 4.79 Å². The van der Waals surface area contributed by atoms with Crippen molar-refractivity contribution in [3.05, 3.63) is 33.3 Å².